The topological polar surface area (TPSA) is 46.6 Å². The zero-order valence-electron chi connectivity index (χ0n) is 13.1. The molecule has 1 amide bonds. The first-order chi connectivity index (χ1) is 11.0. The number of esters is 1. The van der Waals surface area contributed by atoms with E-state index in [0.717, 1.165) is 5.56 Å². The number of aryl methyl sites for hydroxylation is 1. The standard InChI is InChI=1S/C18H18FNO3/c1-13-7-9-14(10-8-13)18(22)23-12-17(21)20(2)11-15-5-3-4-6-16(15)19/h3-10H,11-12H2,1-2H3. The Bertz CT molecular complexity index is 698. The quantitative estimate of drug-likeness (QED) is 0.797. The molecule has 0 spiro atoms. The van der Waals surface area contributed by atoms with Gasteiger partial charge in [-0.15, -0.1) is 0 Å². The van der Waals surface area contributed by atoms with E-state index in [1.807, 2.05) is 6.92 Å². The van der Waals surface area contributed by atoms with Crippen LogP contribution in [-0.4, -0.2) is 30.4 Å². The van der Waals surface area contributed by atoms with Crippen molar-refractivity contribution in [3.63, 3.8) is 0 Å². The third-order valence-corrected chi connectivity index (χ3v) is 3.41. The average Bonchev–Trinajstić information content (AvgIpc) is 2.55. The summed E-state index contributed by atoms with van der Waals surface area (Å²) in [5.74, 6) is -1.32. The highest BCUT2D eigenvalue weighted by Gasteiger charge is 2.14. The van der Waals surface area contributed by atoms with Crippen LogP contribution in [0.2, 0.25) is 0 Å². The van der Waals surface area contributed by atoms with Crippen LogP contribution in [0, 0.1) is 12.7 Å². The van der Waals surface area contributed by atoms with Crippen molar-refractivity contribution in [2.24, 2.45) is 0 Å². The van der Waals surface area contributed by atoms with Gasteiger partial charge in [0.25, 0.3) is 5.91 Å². The van der Waals surface area contributed by atoms with E-state index in [0.29, 0.717) is 11.1 Å². The van der Waals surface area contributed by atoms with Crippen LogP contribution in [0.3, 0.4) is 0 Å². The third-order valence-electron chi connectivity index (χ3n) is 3.41. The lowest BCUT2D eigenvalue weighted by Crippen LogP contribution is -2.31. The van der Waals surface area contributed by atoms with E-state index in [-0.39, 0.29) is 19.0 Å². The molecule has 0 unspecified atom stereocenters. The molecule has 4 nitrogen and oxygen atoms in total. The molecule has 0 fully saturated rings. The Morgan fingerprint density at radius 1 is 1.09 bits per heavy atom. The molecule has 2 aromatic rings. The Kier molecular flexibility index (Phi) is 5.46. The largest absolute Gasteiger partial charge is 0.452 e. The highest BCUT2D eigenvalue weighted by atomic mass is 19.1. The van der Waals surface area contributed by atoms with Gasteiger partial charge in [0.1, 0.15) is 5.82 Å². The summed E-state index contributed by atoms with van der Waals surface area (Å²) in [7, 11) is 1.54. The first-order valence-electron chi connectivity index (χ1n) is 7.18. The number of likely N-dealkylation sites (N-methyl/N-ethyl adjacent to an activating group) is 1. The molecule has 120 valence electrons. The number of carbonyl (C=O) groups is 2. The van der Waals surface area contributed by atoms with Crippen LogP contribution in [0.25, 0.3) is 0 Å². The molecule has 0 aliphatic carbocycles. The Morgan fingerprint density at radius 3 is 2.39 bits per heavy atom. The number of nitrogens with zero attached hydrogens (tertiary/aromatic N) is 1. The molecule has 5 heteroatoms. The summed E-state index contributed by atoms with van der Waals surface area (Å²) in [5, 5.41) is 0. The lowest BCUT2D eigenvalue weighted by molar-refractivity contribution is -0.133. The van der Waals surface area contributed by atoms with Gasteiger partial charge in [-0.25, -0.2) is 9.18 Å². The van der Waals surface area contributed by atoms with Crippen molar-refractivity contribution in [1.29, 1.82) is 0 Å². The second-order valence-corrected chi connectivity index (χ2v) is 5.28. The minimum atomic E-state index is -0.558. The maximum absolute atomic E-state index is 13.6. The highest BCUT2D eigenvalue weighted by Crippen LogP contribution is 2.09. The maximum atomic E-state index is 13.6. The summed E-state index contributed by atoms with van der Waals surface area (Å²) < 4.78 is 18.6. The SMILES string of the molecule is Cc1ccc(C(=O)OCC(=O)N(C)Cc2ccccc2F)cc1. The van der Waals surface area contributed by atoms with Gasteiger partial charge in [0.15, 0.2) is 6.61 Å². The number of carbonyl (C=O) groups excluding carboxylic acids is 2. The number of hydrogen-bond acceptors (Lipinski definition) is 3. The van der Waals surface area contributed by atoms with Crippen molar-refractivity contribution in [3.8, 4) is 0 Å². The lowest BCUT2D eigenvalue weighted by Gasteiger charge is -2.17. The normalized spacial score (nSPS) is 10.2. The van der Waals surface area contributed by atoms with Gasteiger partial charge < -0.3 is 9.64 Å². The van der Waals surface area contributed by atoms with Gasteiger partial charge in [0, 0.05) is 19.2 Å². The van der Waals surface area contributed by atoms with E-state index in [2.05, 4.69) is 0 Å². The van der Waals surface area contributed by atoms with Crippen LogP contribution in [-0.2, 0) is 16.1 Å². The number of halogens is 1. The predicted octanol–water partition coefficient (Wildman–Crippen LogP) is 2.95. The van der Waals surface area contributed by atoms with Crippen LogP contribution in [0.15, 0.2) is 48.5 Å². The van der Waals surface area contributed by atoms with Crippen molar-refractivity contribution >= 4 is 11.9 Å². The molecule has 0 saturated carbocycles. The molecule has 0 N–H and O–H groups in total. The first-order valence-corrected chi connectivity index (χ1v) is 7.18. The van der Waals surface area contributed by atoms with Crippen LogP contribution in [0.1, 0.15) is 21.5 Å². The van der Waals surface area contributed by atoms with E-state index in [9.17, 15) is 14.0 Å². The van der Waals surface area contributed by atoms with Gasteiger partial charge in [-0.05, 0) is 25.1 Å². The Morgan fingerprint density at radius 2 is 1.74 bits per heavy atom. The van der Waals surface area contributed by atoms with Crippen LogP contribution < -0.4 is 0 Å². The second-order valence-electron chi connectivity index (χ2n) is 5.28. The van der Waals surface area contributed by atoms with Crippen LogP contribution in [0.5, 0.6) is 0 Å². The van der Waals surface area contributed by atoms with Crippen molar-refractivity contribution in [3.05, 3.63) is 71.0 Å². The fourth-order valence-corrected chi connectivity index (χ4v) is 1.98. The van der Waals surface area contributed by atoms with Crippen LogP contribution >= 0.6 is 0 Å². The van der Waals surface area contributed by atoms with Gasteiger partial charge in [-0.1, -0.05) is 35.9 Å². The molecule has 23 heavy (non-hydrogen) atoms. The highest BCUT2D eigenvalue weighted by molar-refractivity contribution is 5.91. The number of rotatable bonds is 5. The molecule has 0 bridgehead atoms. The molecule has 0 radical (unpaired) electrons. The molecule has 2 rings (SSSR count). The minimum Gasteiger partial charge on any atom is -0.452 e. The summed E-state index contributed by atoms with van der Waals surface area (Å²) in [6, 6.07) is 13.1. The van der Waals surface area contributed by atoms with Gasteiger partial charge in [-0.2, -0.15) is 0 Å². The number of benzene rings is 2. The summed E-state index contributed by atoms with van der Waals surface area (Å²) >= 11 is 0. The Hall–Kier alpha value is -2.69. The summed E-state index contributed by atoms with van der Waals surface area (Å²) in [4.78, 5) is 25.1. The fourth-order valence-electron chi connectivity index (χ4n) is 1.98. The summed E-state index contributed by atoms with van der Waals surface area (Å²) in [6.07, 6.45) is 0. The van der Waals surface area contributed by atoms with E-state index >= 15 is 0 Å². The van der Waals surface area contributed by atoms with E-state index in [4.69, 9.17) is 4.74 Å². The van der Waals surface area contributed by atoms with E-state index in [1.54, 1.807) is 42.5 Å². The Balaban J connectivity index is 1.87. The fraction of sp³-hybridized carbons (Fsp3) is 0.222. The summed E-state index contributed by atoms with van der Waals surface area (Å²) in [5.41, 5.74) is 1.83. The molecule has 0 saturated heterocycles. The zero-order chi connectivity index (χ0) is 16.8. The minimum absolute atomic E-state index is 0.119. The van der Waals surface area contributed by atoms with E-state index < -0.39 is 11.9 Å². The van der Waals surface area contributed by atoms with Crippen molar-refractivity contribution in [1.82, 2.24) is 4.90 Å². The van der Waals surface area contributed by atoms with Crippen molar-refractivity contribution in [2.45, 2.75) is 13.5 Å². The predicted molar refractivity (Wildman–Crippen MR) is 84.3 cm³/mol. The molecular formula is C18H18FNO3. The first kappa shape index (κ1) is 16.7. The van der Waals surface area contributed by atoms with Crippen molar-refractivity contribution in [2.75, 3.05) is 13.7 Å². The molecule has 0 aromatic heterocycles. The van der Waals surface area contributed by atoms with Gasteiger partial charge in [0.2, 0.25) is 0 Å². The lowest BCUT2D eigenvalue weighted by atomic mass is 10.1. The maximum Gasteiger partial charge on any atom is 0.338 e. The number of amides is 1. The third kappa shape index (κ3) is 4.64. The number of ether oxygens (including phenoxy) is 1. The van der Waals surface area contributed by atoms with Crippen LogP contribution in [0.4, 0.5) is 4.39 Å². The second kappa shape index (κ2) is 7.54. The molecular weight excluding hydrogens is 297 g/mol. The monoisotopic (exact) mass is 315 g/mol. The zero-order valence-corrected chi connectivity index (χ0v) is 13.1. The molecule has 0 atom stereocenters. The molecule has 0 aliphatic heterocycles. The van der Waals surface area contributed by atoms with Gasteiger partial charge in [0.05, 0.1) is 5.56 Å². The number of hydrogen-bond donors (Lipinski definition) is 0. The average molecular weight is 315 g/mol. The van der Waals surface area contributed by atoms with E-state index in [1.165, 1.54) is 18.0 Å². The van der Waals surface area contributed by atoms with Gasteiger partial charge in [-0.3, -0.25) is 4.79 Å². The molecule has 2 aromatic carbocycles. The molecule has 0 heterocycles. The van der Waals surface area contributed by atoms with Crippen molar-refractivity contribution < 1.29 is 18.7 Å². The molecule has 0 aliphatic rings. The Labute approximate surface area is 134 Å². The summed E-state index contributed by atoms with van der Waals surface area (Å²) in [6.45, 7) is 1.65. The smallest absolute Gasteiger partial charge is 0.338 e. The van der Waals surface area contributed by atoms with Gasteiger partial charge >= 0.3 is 5.97 Å².